The molecule has 6 heteroatoms. The van der Waals surface area contributed by atoms with Crippen LogP contribution in [0.5, 0.6) is 0 Å². The molecule has 1 aromatic carbocycles. The van der Waals surface area contributed by atoms with E-state index < -0.39 is 10.0 Å². The molecule has 2 rings (SSSR count). The van der Waals surface area contributed by atoms with Crippen molar-refractivity contribution in [3.63, 3.8) is 0 Å². The highest BCUT2D eigenvalue weighted by molar-refractivity contribution is 7.92. The van der Waals surface area contributed by atoms with Gasteiger partial charge in [-0.2, -0.15) is 0 Å². The Balaban J connectivity index is 2.35. The molecule has 19 heavy (non-hydrogen) atoms. The van der Waals surface area contributed by atoms with Gasteiger partial charge in [0.15, 0.2) is 0 Å². The molecule has 0 unspecified atom stereocenters. The average molecular weight is 297 g/mol. The van der Waals surface area contributed by atoms with E-state index in [9.17, 15) is 8.42 Å². The third-order valence-electron chi connectivity index (χ3n) is 2.59. The molecule has 0 saturated carbocycles. The third kappa shape index (κ3) is 3.24. The number of pyridine rings is 1. The molecule has 0 radical (unpaired) electrons. The van der Waals surface area contributed by atoms with Crippen LogP contribution in [-0.2, 0) is 10.0 Å². The van der Waals surface area contributed by atoms with Crippen molar-refractivity contribution < 1.29 is 8.42 Å². The first-order chi connectivity index (χ1) is 8.88. The molecule has 2 aromatic rings. The SMILES string of the molecule is Cc1ccc(S(=O)(=O)Nc2ccc(Cl)cn2)c(C)c1. The Hall–Kier alpha value is -1.59. The van der Waals surface area contributed by atoms with Crippen LogP contribution in [0.25, 0.3) is 0 Å². The second kappa shape index (κ2) is 5.19. The van der Waals surface area contributed by atoms with Gasteiger partial charge in [-0.25, -0.2) is 13.4 Å². The van der Waals surface area contributed by atoms with E-state index in [4.69, 9.17) is 11.6 Å². The van der Waals surface area contributed by atoms with Crippen molar-refractivity contribution in [1.82, 2.24) is 4.98 Å². The van der Waals surface area contributed by atoms with Gasteiger partial charge < -0.3 is 0 Å². The summed E-state index contributed by atoms with van der Waals surface area (Å²) in [6.07, 6.45) is 1.39. The minimum atomic E-state index is -3.63. The van der Waals surface area contributed by atoms with E-state index in [1.54, 1.807) is 25.1 Å². The second-order valence-electron chi connectivity index (χ2n) is 4.24. The normalized spacial score (nSPS) is 11.3. The Morgan fingerprint density at radius 1 is 1.16 bits per heavy atom. The lowest BCUT2D eigenvalue weighted by molar-refractivity contribution is 0.600. The van der Waals surface area contributed by atoms with Crippen LogP contribution < -0.4 is 4.72 Å². The summed E-state index contributed by atoms with van der Waals surface area (Å²) >= 11 is 5.70. The van der Waals surface area contributed by atoms with Gasteiger partial charge >= 0.3 is 0 Å². The van der Waals surface area contributed by atoms with Crippen molar-refractivity contribution >= 4 is 27.4 Å². The molecule has 1 aromatic heterocycles. The highest BCUT2D eigenvalue weighted by atomic mass is 35.5. The number of anilines is 1. The van der Waals surface area contributed by atoms with Gasteiger partial charge in [0.1, 0.15) is 5.82 Å². The monoisotopic (exact) mass is 296 g/mol. The Kier molecular flexibility index (Phi) is 3.78. The van der Waals surface area contributed by atoms with Gasteiger partial charge in [-0.15, -0.1) is 0 Å². The Labute approximate surface area is 117 Å². The molecule has 0 spiro atoms. The summed E-state index contributed by atoms with van der Waals surface area (Å²) in [4.78, 5) is 4.16. The van der Waals surface area contributed by atoms with Crippen LogP contribution in [0.2, 0.25) is 5.02 Å². The zero-order valence-corrected chi connectivity index (χ0v) is 12.1. The van der Waals surface area contributed by atoms with E-state index in [1.807, 2.05) is 13.0 Å². The van der Waals surface area contributed by atoms with E-state index in [2.05, 4.69) is 9.71 Å². The number of aromatic nitrogens is 1. The van der Waals surface area contributed by atoms with Crippen molar-refractivity contribution in [2.45, 2.75) is 18.7 Å². The standard InChI is InChI=1S/C13H13ClN2O2S/c1-9-3-5-12(10(2)7-9)19(17,18)16-13-6-4-11(14)8-15-13/h3-8H,1-2H3,(H,15,16). The first kappa shape index (κ1) is 13.8. The number of halogens is 1. The molecule has 0 amide bonds. The number of nitrogens with zero attached hydrogens (tertiary/aromatic N) is 1. The molecule has 0 saturated heterocycles. The lowest BCUT2D eigenvalue weighted by Gasteiger charge is -2.10. The van der Waals surface area contributed by atoms with Crippen LogP contribution in [0.3, 0.4) is 0 Å². The summed E-state index contributed by atoms with van der Waals surface area (Å²) < 4.78 is 26.9. The highest BCUT2D eigenvalue weighted by Gasteiger charge is 2.17. The largest absolute Gasteiger partial charge is 0.263 e. The van der Waals surface area contributed by atoms with E-state index in [-0.39, 0.29) is 10.7 Å². The third-order valence-corrected chi connectivity index (χ3v) is 4.32. The summed E-state index contributed by atoms with van der Waals surface area (Å²) in [5, 5.41) is 0.453. The zero-order valence-electron chi connectivity index (χ0n) is 10.5. The number of hydrogen-bond acceptors (Lipinski definition) is 3. The summed E-state index contributed by atoms with van der Waals surface area (Å²) in [6.45, 7) is 3.68. The molecule has 0 aliphatic rings. The summed E-state index contributed by atoms with van der Waals surface area (Å²) in [6, 6.07) is 8.27. The number of nitrogens with one attached hydrogen (secondary N) is 1. The highest BCUT2D eigenvalue weighted by Crippen LogP contribution is 2.20. The Morgan fingerprint density at radius 2 is 1.89 bits per heavy atom. The zero-order chi connectivity index (χ0) is 14.0. The first-order valence-electron chi connectivity index (χ1n) is 5.60. The maximum atomic E-state index is 12.2. The van der Waals surface area contributed by atoms with Crippen LogP contribution in [0, 0.1) is 13.8 Å². The smallest absolute Gasteiger partial charge is 0.263 e. The molecule has 0 bridgehead atoms. The van der Waals surface area contributed by atoms with E-state index >= 15 is 0 Å². The summed E-state index contributed by atoms with van der Waals surface area (Å²) in [5.74, 6) is 0.240. The fourth-order valence-electron chi connectivity index (χ4n) is 1.73. The summed E-state index contributed by atoms with van der Waals surface area (Å²) in [5.41, 5.74) is 1.71. The molecule has 0 aliphatic heterocycles. The van der Waals surface area contributed by atoms with E-state index in [0.29, 0.717) is 10.6 Å². The topological polar surface area (TPSA) is 59.1 Å². The molecule has 1 heterocycles. The molecule has 0 aliphatic carbocycles. The van der Waals surface area contributed by atoms with Gasteiger partial charge in [-0.1, -0.05) is 29.3 Å². The van der Waals surface area contributed by atoms with Gasteiger partial charge in [-0.05, 0) is 37.6 Å². The molecule has 1 N–H and O–H groups in total. The summed E-state index contributed by atoms with van der Waals surface area (Å²) in [7, 11) is -3.63. The van der Waals surface area contributed by atoms with Crippen molar-refractivity contribution in [2.75, 3.05) is 4.72 Å². The van der Waals surface area contributed by atoms with Crippen LogP contribution in [0.4, 0.5) is 5.82 Å². The van der Waals surface area contributed by atoms with Crippen LogP contribution in [0.1, 0.15) is 11.1 Å². The quantitative estimate of drug-likeness (QED) is 0.946. The van der Waals surface area contributed by atoms with Crippen LogP contribution in [0.15, 0.2) is 41.4 Å². The molecule has 0 fully saturated rings. The van der Waals surface area contributed by atoms with Crippen LogP contribution in [-0.4, -0.2) is 13.4 Å². The Bertz CT molecular complexity index is 697. The predicted octanol–water partition coefficient (Wildman–Crippen LogP) is 3.15. The first-order valence-corrected chi connectivity index (χ1v) is 7.46. The second-order valence-corrected chi connectivity index (χ2v) is 6.32. The molecular formula is C13H13ClN2O2S. The Morgan fingerprint density at radius 3 is 2.47 bits per heavy atom. The van der Waals surface area contributed by atoms with Gasteiger partial charge in [0.05, 0.1) is 9.92 Å². The lowest BCUT2D eigenvalue weighted by Crippen LogP contribution is -2.15. The van der Waals surface area contributed by atoms with Crippen molar-refractivity contribution in [2.24, 2.45) is 0 Å². The molecule has 100 valence electrons. The number of hydrogen-bond donors (Lipinski definition) is 1. The fraction of sp³-hybridized carbons (Fsp3) is 0.154. The van der Waals surface area contributed by atoms with Gasteiger partial charge in [0.2, 0.25) is 0 Å². The van der Waals surface area contributed by atoms with Crippen molar-refractivity contribution in [3.8, 4) is 0 Å². The number of aryl methyl sites for hydroxylation is 2. The number of sulfonamides is 1. The van der Waals surface area contributed by atoms with Gasteiger partial charge in [-0.3, -0.25) is 4.72 Å². The minimum Gasteiger partial charge on any atom is -0.263 e. The predicted molar refractivity (Wildman–Crippen MR) is 76.0 cm³/mol. The minimum absolute atomic E-state index is 0.240. The van der Waals surface area contributed by atoms with Crippen molar-refractivity contribution in [3.05, 3.63) is 52.7 Å². The molecule has 4 nitrogen and oxygen atoms in total. The number of rotatable bonds is 3. The van der Waals surface area contributed by atoms with Gasteiger partial charge in [0, 0.05) is 6.20 Å². The lowest BCUT2D eigenvalue weighted by atomic mass is 10.2. The maximum Gasteiger partial charge on any atom is 0.263 e. The van der Waals surface area contributed by atoms with Crippen molar-refractivity contribution in [1.29, 1.82) is 0 Å². The molecular weight excluding hydrogens is 284 g/mol. The van der Waals surface area contributed by atoms with E-state index in [0.717, 1.165) is 5.56 Å². The fourth-order valence-corrected chi connectivity index (χ4v) is 3.08. The van der Waals surface area contributed by atoms with E-state index in [1.165, 1.54) is 12.3 Å². The maximum absolute atomic E-state index is 12.2. The average Bonchev–Trinajstić information content (AvgIpc) is 2.31. The molecule has 0 atom stereocenters. The number of benzene rings is 1. The van der Waals surface area contributed by atoms with Crippen LogP contribution >= 0.6 is 11.6 Å². The van der Waals surface area contributed by atoms with Gasteiger partial charge in [0.25, 0.3) is 10.0 Å².